The average Bonchev–Trinajstić information content (AvgIpc) is 3.46. The van der Waals surface area contributed by atoms with Crippen LogP contribution >= 0.6 is 0 Å². The molecule has 0 N–H and O–H groups in total. The van der Waals surface area contributed by atoms with E-state index in [-0.39, 0.29) is 41.4 Å². The van der Waals surface area contributed by atoms with E-state index in [9.17, 15) is 10.1 Å². The molecule has 2 aliphatic rings. The van der Waals surface area contributed by atoms with Crippen LogP contribution in [0.15, 0.2) is 66.9 Å². The summed E-state index contributed by atoms with van der Waals surface area (Å²) in [6.07, 6.45) is 5.52. The number of benzene rings is 4. The lowest BCUT2D eigenvalue weighted by molar-refractivity contribution is -0.686. The molecule has 42 heavy (non-hydrogen) atoms. The van der Waals surface area contributed by atoms with Crippen LogP contribution in [0.1, 0.15) is 23.1 Å². The fourth-order valence-electron chi connectivity index (χ4n) is 6.44. The zero-order valence-corrected chi connectivity index (χ0v) is 25.5. The number of nitro groups is 1. The molecule has 0 aliphatic carbocycles. The van der Waals surface area contributed by atoms with Crippen LogP contribution in [0.5, 0.6) is 23.0 Å². The third-order valence-corrected chi connectivity index (χ3v) is 8.30. The summed E-state index contributed by atoms with van der Waals surface area (Å²) in [5.41, 5.74) is 6.06. The molecular formula is C33H29IN2O6. The molecule has 0 atom stereocenters. The van der Waals surface area contributed by atoms with E-state index in [1.807, 2.05) is 36.4 Å². The summed E-state index contributed by atoms with van der Waals surface area (Å²) in [4.78, 5) is 11.3. The lowest BCUT2D eigenvalue weighted by Crippen LogP contribution is -3.00. The van der Waals surface area contributed by atoms with Gasteiger partial charge in [0.1, 0.15) is 0 Å². The SMILES string of the molecule is COc1ccc2c(CCCc3ccc([N+](=O)[O-])c4ccccc34)c3[n+](cc2c1OC)CCc1cc2c(cc1-3)OCO2.[I-]. The molecule has 0 bridgehead atoms. The molecule has 7 rings (SSSR count). The van der Waals surface area contributed by atoms with Gasteiger partial charge in [0.2, 0.25) is 12.5 Å². The number of ether oxygens (including phenoxy) is 4. The maximum Gasteiger partial charge on any atom is 0.277 e. The van der Waals surface area contributed by atoms with Crippen molar-refractivity contribution in [3.05, 3.63) is 93.7 Å². The van der Waals surface area contributed by atoms with Crippen LogP contribution in [0.4, 0.5) is 5.69 Å². The number of halogens is 1. The van der Waals surface area contributed by atoms with Crippen molar-refractivity contribution < 1.29 is 52.4 Å². The monoisotopic (exact) mass is 676 g/mol. The van der Waals surface area contributed by atoms with Crippen molar-refractivity contribution in [2.45, 2.75) is 32.2 Å². The summed E-state index contributed by atoms with van der Waals surface area (Å²) in [7, 11) is 3.33. The highest BCUT2D eigenvalue weighted by Crippen LogP contribution is 2.44. The van der Waals surface area contributed by atoms with Gasteiger partial charge in [-0.05, 0) is 66.1 Å². The Balaban J connectivity index is 0.00000316. The maximum atomic E-state index is 11.6. The summed E-state index contributed by atoms with van der Waals surface area (Å²) < 4.78 is 25.2. The molecule has 1 aromatic heterocycles. The Labute approximate surface area is 259 Å². The van der Waals surface area contributed by atoms with Crippen molar-refractivity contribution >= 4 is 27.2 Å². The van der Waals surface area contributed by atoms with Crippen LogP contribution in [0.3, 0.4) is 0 Å². The van der Waals surface area contributed by atoms with E-state index >= 15 is 0 Å². The van der Waals surface area contributed by atoms with Gasteiger partial charge in [-0.2, -0.15) is 4.57 Å². The van der Waals surface area contributed by atoms with Crippen molar-refractivity contribution in [2.24, 2.45) is 0 Å². The van der Waals surface area contributed by atoms with Crippen LogP contribution in [-0.2, 0) is 25.8 Å². The highest BCUT2D eigenvalue weighted by Gasteiger charge is 2.32. The predicted octanol–water partition coefficient (Wildman–Crippen LogP) is 3.34. The number of methoxy groups -OCH3 is 2. The number of nitrogens with zero attached hydrogens (tertiary/aromatic N) is 2. The van der Waals surface area contributed by atoms with Gasteiger partial charge in [0.25, 0.3) is 5.69 Å². The van der Waals surface area contributed by atoms with E-state index in [2.05, 4.69) is 29.0 Å². The number of aryl methyl sites for hydroxylation is 4. The Morgan fingerprint density at radius 1 is 0.905 bits per heavy atom. The van der Waals surface area contributed by atoms with Crippen molar-refractivity contribution in [1.29, 1.82) is 0 Å². The summed E-state index contributed by atoms with van der Waals surface area (Å²) in [5.74, 6) is 2.99. The second-order valence-electron chi connectivity index (χ2n) is 10.4. The van der Waals surface area contributed by atoms with Gasteiger partial charge >= 0.3 is 0 Å². The number of hydrogen-bond acceptors (Lipinski definition) is 6. The van der Waals surface area contributed by atoms with Crippen LogP contribution in [0, 0.1) is 10.1 Å². The molecule has 214 valence electrons. The second-order valence-corrected chi connectivity index (χ2v) is 10.4. The van der Waals surface area contributed by atoms with E-state index in [0.29, 0.717) is 11.1 Å². The van der Waals surface area contributed by atoms with Gasteiger partial charge in [-0.3, -0.25) is 10.1 Å². The molecule has 0 fully saturated rings. The van der Waals surface area contributed by atoms with E-state index in [1.165, 1.54) is 16.8 Å². The number of aromatic nitrogens is 1. The summed E-state index contributed by atoms with van der Waals surface area (Å²) in [6.45, 7) is 1.07. The average molecular weight is 677 g/mol. The molecule has 5 aromatic rings. The Hall–Kier alpha value is -4.12. The number of non-ortho nitro benzene ring substituents is 1. The van der Waals surface area contributed by atoms with Crippen molar-refractivity contribution in [3.63, 3.8) is 0 Å². The number of rotatable bonds is 7. The molecule has 3 heterocycles. The minimum Gasteiger partial charge on any atom is -1.00 e. The van der Waals surface area contributed by atoms with Crippen molar-refractivity contribution in [3.8, 4) is 34.3 Å². The topological polar surface area (TPSA) is 83.9 Å². The normalized spacial score (nSPS) is 12.9. The quantitative estimate of drug-likeness (QED) is 0.114. The Bertz CT molecular complexity index is 1870. The Morgan fingerprint density at radius 2 is 1.69 bits per heavy atom. The molecule has 0 radical (unpaired) electrons. The van der Waals surface area contributed by atoms with E-state index < -0.39 is 0 Å². The molecule has 4 aromatic carbocycles. The van der Waals surface area contributed by atoms with Gasteiger partial charge in [-0.25, -0.2) is 0 Å². The molecule has 0 amide bonds. The lowest BCUT2D eigenvalue weighted by atomic mass is 9.88. The number of nitro benzene ring substituents is 1. The van der Waals surface area contributed by atoms with Crippen LogP contribution in [0.2, 0.25) is 0 Å². The summed E-state index contributed by atoms with van der Waals surface area (Å²) in [6, 6.07) is 19.4. The van der Waals surface area contributed by atoms with Crippen LogP contribution in [0.25, 0.3) is 32.8 Å². The number of pyridine rings is 1. The Kier molecular flexibility index (Phi) is 7.53. The Morgan fingerprint density at radius 3 is 2.45 bits per heavy atom. The van der Waals surface area contributed by atoms with Gasteiger partial charge < -0.3 is 42.9 Å². The molecule has 0 spiro atoms. The molecule has 0 saturated heterocycles. The standard InChI is InChI=1S/C33H29N2O6.HI/c1-38-29-13-11-23-25(9-5-6-20-10-12-28(35(36)37)24-8-4-3-7-22(20)24)32-26-17-31-30(40-19-41-31)16-21(26)14-15-34(32)18-27(23)33(29)39-2;/h3-4,7-8,10-13,16-18H,5-6,9,14-15,19H2,1-2H3;1H/q+1;/p-1. The molecule has 8 nitrogen and oxygen atoms in total. The largest absolute Gasteiger partial charge is 1.00 e. The fourth-order valence-corrected chi connectivity index (χ4v) is 6.44. The first-order chi connectivity index (χ1) is 20.1. The van der Waals surface area contributed by atoms with Gasteiger partial charge in [0.05, 0.1) is 35.5 Å². The molecule has 2 aliphatic heterocycles. The second kappa shape index (κ2) is 11.3. The van der Waals surface area contributed by atoms with E-state index in [1.54, 1.807) is 20.3 Å². The highest BCUT2D eigenvalue weighted by atomic mass is 127. The number of fused-ring (bicyclic) bond motifs is 6. The first-order valence-corrected chi connectivity index (χ1v) is 13.7. The maximum absolute atomic E-state index is 11.6. The fraction of sp³-hybridized carbons (Fsp3) is 0.242. The summed E-state index contributed by atoms with van der Waals surface area (Å²) in [5, 5.41) is 15.4. The smallest absolute Gasteiger partial charge is 0.277 e. The first kappa shape index (κ1) is 28.0. The van der Waals surface area contributed by atoms with Gasteiger partial charge in [-0.1, -0.05) is 24.3 Å². The van der Waals surface area contributed by atoms with E-state index in [0.717, 1.165) is 76.8 Å². The highest BCUT2D eigenvalue weighted by molar-refractivity contribution is 5.95. The van der Waals surface area contributed by atoms with Gasteiger partial charge in [0.15, 0.2) is 35.7 Å². The minimum atomic E-state index is -0.309. The lowest BCUT2D eigenvalue weighted by Gasteiger charge is -2.21. The zero-order valence-electron chi connectivity index (χ0n) is 23.3. The summed E-state index contributed by atoms with van der Waals surface area (Å²) >= 11 is 0. The molecule has 0 unspecified atom stereocenters. The molecule has 0 saturated carbocycles. The van der Waals surface area contributed by atoms with Gasteiger partial charge in [0, 0.05) is 23.4 Å². The van der Waals surface area contributed by atoms with Crippen LogP contribution < -0.4 is 47.5 Å². The predicted molar refractivity (Wildman–Crippen MR) is 155 cm³/mol. The first-order valence-electron chi connectivity index (χ1n) is 13.7. The van der Waals surface area contributed by atoms with Crippen LogP contribution in [-0.4, -0.2) is 25.9 Å². The van der Waals surface area contributed by atoms with Crippen molar-refractivity contribution in [1.82, 2.24) is 0 Å². The van der Waals surface area contributed by atoms with Gasteiger partial charge in [-0.15, -0.1) is 0 Å². The third-order valence-electron chi connectivity index (χ3n) is 8.30. The number of hydrogen-bond donors (Lipinski definition) is 0. The molecular weight excluding hydrogens is 647 g/mol. The van der Waals surface area contributed by atoms with E-state index in [4.69, 9.17) is 18.9 Å². The van der Waals surface area contributed by atoms with Crippen molar-refractivity contribution in [2.75, 3.05) is 21.0 Å². The third kappa shape index (κ3) is 4.56. The molecule has 9 heteroatoms. The minimum absolute atomic E-state index is 0. The zero-order chi connectivity index (χ0) is 28.1.